The lowest BCUT2D eigenvalue weighted by Crippen LogP contribution is -2.57. The molecule has 0 spiro atoms. The van der Waals surface area contributed by atoms with Gasteiger partial charge in [0.05, 0.1) is 11.1 Å². The molecule has 5 heteroatoms. The summed E-state index contributed by atoms with van der Waals surface area (Å²) in [5.41, 5.74) is 0.599. The van der Waals surface area contributed by atoms with E-state index in [1.807, 2.05) is 0 Å². The fraction of sp³-hybridized carbons (Fsp3) is 0.444. The molecule has 0 atom stereocenters. The number of nitrogens with one attached hydrogen (secondary N) is 2. The number of nitrogens with zero attached hydrogens (tertiary/aromatic N) is 1. The van der Waals surface area contributed by atoms with E-state index in [1.165, 1.54) is 0 Å². The summed E-state index contributed by atoms with van der Waals surface area (Å²) < 4.78 is 1.73. The van der Waals surface area contributed by atoms with Crippen molar-refractivity contribution in [3.8, 4) is 0 Å². The zero-order valence-electron chi connectivity index (χ0n) is 7.88. The van der Waals surface area contributed by atoms with E-state index in [0.29, 0.717) is 10.7 Å². The minimum Gasteiger partial charge on any atom is -0.345 e. The Morgan fingerprint density at radius 3 is 2.86 bits per heavy atom. The van der Waals surface area contributed by atoms with Crippen LogP contribution in [0.3, 0.4) is 0 Å². The van der Waals surface area contributed by atoms with Gasteiger partial charge in [0.15, 0.2) is 0 Å². The van der Waals surface area contributed by atoms with Crippen molar-refractivity contribution in [3.63, 3.8) is 0 Å². The summed E-state index contributed by atoms with van der Waals surface area (Å²) in [5.74, 6) is -0.0640. The van der Waals surface area contributed by atoms with Crippen molar-refractivity contribution in [2.24, 2.45) is 7.05 Å². The number of amides is 1. The summed E-state index contributed by atoms with van der Waals surface area (Å²) in [6.45, 7) is 1.70. The predicted molar refractivity (Wildman–Crippen MR) is 54.5 cm³/mol. The fourth-order valence-corrected chi connectivity index (χ4v) is 1.65. The van der Waals surface area contributed by atoms with E-state index in [4.69, 9.17) is 11.6 Å². The van der Waals surface area contributed by atoms with Crippen LogP contribution in [-0.2, 0) is 7.05 Å². The maximum Gasteiger partial charge on any atom is 0.268 e. The summed E-state index contributed by atoms with van der Waals surface area (Å²) in [4.78, 5) is 11.7. The third kappa shape index (κ3) is 1.76. The summed E-state index contributed by atoms with van der Waals surface area (Å²) in [6.07, 6.45) is 1.72. The van der Waals surface area contributed by atoms with E-state index in [0.717, 1.165) is 13.1 Å². The van der Waals surface area contributed by atoms with Crippen LogP contribution in [-0.4, -0.2) is 29.6 Å². The molecule has 14 heavy (non-hydrogen) atoms. The Bertz CT molecular complexity index is 357. The molecule has 4 nitrogen and oxygen atoms in total. The van der Waals surface area contributed by atoms with Gasteiger partial charge in [0.2, 0.25) is 0 Å². The van der Waals surface area contributed by atoms with Crippen molar-refractivity contribution in [2.75, 3.05) is 13.1 Å². The van der Waals surface area contributed by atoms with Gasteiger partial charge >= 0.3 is 0 Å². The Kier molecular flexibility index (Phi) is 2.48. The molecule has 1 aliphatic rings. The molecule has 1 amide bonds. The predicted octanol–water partition coefficient (Wildman–Crippen LogP) is 0.380. The van der Waals surface area contributed by atoms with Crippen molar-refractivity contribution >= 4 is 17.5 Å². The normalized spacial score (nSPS) is 16.4. The van der Waals surface area contributed by atoms with Gasteiger partial charge in [-0.1, -0.05) is 11.6 Å². The third-order valence-electron chi connectivity index (χ3n) is 2.32. The summed E-state index contributed by atoms with van der Waals surface area (Å²) in [5, 5.41) is 6.58. The van der Waals surface area contributed by atoms with Crippen LogP contribution in [0.1, 0.15) is 10.5 Å². The van der Waals surface area contributed by atoms with E-state index >= 15 is 0 Å². The number of hydrogen-bond donors (Lipinski definition) is 2. The van der Waals surface area contributed by atoms with Crippen LogP contribution in [0.2, 0.25) is 5.02 Å². The molecule has 0 radical (unpaired) electrons. The first-order chi connectivity index (χ1) is 6.66. The SMILES string of the molecule is Cn1cc(Cl)cc1C(=O)NC1CNC1. The van der Waals surface area contributed by atoms with Gasteiger partial charge in [-0.3, -0.25) is 4.79 Å². The Balaban J connectivity index is 2.06. The molecule has 0 aliphatic carbocycles. The standard InChI is InChI=1S/C9H12ClN3O/c1-13-5-6(10)2-8(13)9(14)12-7-3-11-4-7/h2,5,7,11H,3-4H2,1H3,(H,12,14). The van der Waals surface area contributed by atoms with Crippen LogP contribution in [0.5, 0.6) is 0 Å². The van der Waals surface area contributed by atoms with Crippen LogP contribution in [0, 0.1) is 0 Å². The lowest BCUT2D eigenvalue weighted by molar-refractivity contribution is 0.0915. The molecular formula is C9H12ClN3O. The topological polar surface area (TPSA) is 46.1 Å². The average molecular weight is 214 g/mol. The van der Waals surface area contributed by atoms with Crippen molar-refractivity contribution in [1.82, 2.24) is 15.2 Å². The molecule has 0 bridgehead atoms. The van der Waals surface area contributed by atoms with E-state index in [9.17, 15) is 4.79 Å². The monoisotopic (exact) mass is 213 g/mol. The van der Waals surface area contributed by atoms with Crippen LogP contribution in [0.15, 0.2) is 12.3 Å². The largest absolute Gasteiger partial charge is 0.345 e. The molecule has 1 aliphatic heterocycles. The second-order valence-electron chi connectivity index (χ2n) is 3.48. The summed E-state index contributed by atoms with van der Waals surface area (Å²) in [6, 6.07) is 1.93. The van der Waals surface area contributed by atoms with Crippen LogP contribution in [0.4, 0.5) is 0 Å². The molecule has 0 unspecified atom stereocenters. The van der Waals surface area contributed by atoms with Crippen LogP contribution < -0.4 is 10.6 Å². The van der Waals surface area contributed by atoms with Gasteiger partial charge in [0.1, 0.15) is 5.69 Å². The maximum atomic E-state index is 11.7. The molecule has 1 saturated heterocycles. The molecule has 1 fully saturated rings. The minimum atomic E-state index is -0.0640. The summed E-state index contributed by atoms with van der Waals surface area (Å²) in [7, 11) is 1.81. The van der Waals surface area contributed by atoms with Crippen molar-refractivity contribution in [2.45, 2.75) is 6.04 Å². The molecular weight excluding hydrogens is 202 g/mol. The fourth-order valence-electron chi connectivity index (χ4n) is 1.40. The van der Waals surface area contributed by atoms with E-state index in [2.05, 4.69) is 10.6 Å². The Hall–Kier alpha value is -1.00. The zero-order chi connectivity index (χ0) is 10.1. The second-order valence-corrected chi connectivity index (χ2v) is 3.92. The van der Waals surface area contributed by atoms with Gasteiger partial charge in [-0.25, -0.2) is 0 Å². The first kappa shape index (κ1) is 9.55. The lowest BCUT2D eigenvalue weighted by atomic mass is 10.2. The van der Waals surface area contributed by atoms with Crippen LogP contribution in [0.25, 0.3) is 0 Å². The molecule has 1 aromatic rings. The highest BCUT2D eigenvalue weighted by molar-refractivity contribution is 6.31. The molecule has 2 rings (SSSR count). The first-order valence-corrected chi connectivity index (χ1v) is 4.88. The van der Waals surface area contributed by atoms with E-state index < -0.39 is 0 Å². The molecule has 2 N–H and O–H groups in total. The lowest BCUT2D eigenvalue weighted by Gasteiger charge is -2.27. The number of carbonyl (C=O) groups is 1. The number of aryl methyl sites for hydroxylation is 1. The van der Waals surface area contributed by atoms with Gasteiger partial charge in [-0.15, -0.1) is 0 Å². The Labute approximate surface area is 87.2 Å². The van der Waals surface area contributed by atoms with Gasteiger partial charge in [0.25, 0.3) is 5.91 Å². The van der Waals surface area contributed by atoms with Crippen LogP contribution >= 0.6 is 11.6 Å². The molecule has 1 aromatic heterocycles. The van der Waals surface area contributed by atoms with E-state index in [1.54, 1.807) is 23.9 Å². The van der Waals surface area contributed by atoms with Crippen molar-refractivity contribution < 1.29 is 4.79 Å². The Morgan fingerprint density at radius 1 is 1.71 bits per heavy atom. The molecule has 76 valence electrons. The minimum absolute atomic E-state index is 0.0640. The number of rotatable bonds is 2. The molecule has 2 heterocycles. The number of aromatic nitrogens is 1. The van der Waals surface area contributed by atoms with Gasteiger partial charge in [0, 0.05) is 26.3 Å². The highest BCUT2D eigenvalue weighted by Crippen LogP contribution is 2.12. The smallest absolute Gasteiger partial charge is 0.268 e. The molecule has 0 aromatic carbocycles. The highest BCUT2D eigenvalue weighted by Gasteiger charge is 2.20. The van der Waals surface area contributed by atoms with Gasteiger partial charge in [-0.2, -0.15) is 0 Å². The quantitative estimate of drug-likeness (QED) is 0.746. The first-order valence-electron chi connectivity index (χ1n) is 4.50. The van der Waals surface area contributed by atoms with E-state index in [-0.39, 0.29) is 11.9 Å². The second kappa shape index (κ2) is 3.63. The number of hydrogen-bond acceptors (Lipinski definition) is 2. The van der Waals surface area contributed by atoms with Gasteiger partial charge < -0.3 is 15.2 Å². The molecule has 0 saturated carbocycles. The highest BCUT2D eigenvalue weighted by atomic mass is 35.5. The maximum absolute atomic E-state index is 11.7. The Morgan fingerprint density at radius 2 is 2.43 bits per heavy atom. The van der Waals surface area contributed by atoms with Crippen molar-refractivity contribution in [3.05, 3.63) is 23.0 Å². The van der Waals surface area contributed by atoms with Crippen molar-refractivity contribution in [1.29, 1.82) is 0 Å². The average Bonchev–Trinajstić information content (AvgIpc) is 2.37. The third-order valence-corrected chi connectivity index (χ3v) is 2.53. The number of halogens is 1. The zero-order valence-corrected chi connectivity index (χ0v) is 8.64. The van der Waals surface area contributed by atoms with Gasteiger partial charge in [-0.05, 0) is 6.07 Å². The summed E-state index contributed by atoms with van der Waals surface area (Å²) >= 11 is 5.78. The number of carbonyl (C=O) groups excluding carboxylic acids is 1.